The number of rotatable bonds is 6. The van der Waals surface area contributed by atoms with Gasteiger partial charge in [-0.1, -0.05) is 34.1 Å². The number of hydrogen-bond acceptors (Lipinski definition) is 3. The van der Waals surface area contributed by atoms with Crippen LogP contribution in [0.3, 0.4) is 0 Å². The first kappa shape index (κ1) is 20.5. The normalized spacial score (nSPS) is 11.5. The fourth-order valence-corrected chi connectivity index (χ4v) is 2.67. The highest BCUT2D eigenvalue weighted by Gasteiger charge is 2.19. The summed E-state index contributed by atoms with van der Waals surface area (Å²) in [6.45, 7) is 0.502. The van der Waals surface area contributed by atoms with E-state index >= 15 is 0 Å². The van der Waals surface area contributed by atoms with E-state index in [1.54, 1.807) is 19.2 Å². The van der Waals surface area contributed by atoms with Crippen molar-refractivity contribution in [1.29, 1.82) is 0 Å². The molecule has 2 aromatic rings. The van der Waals surface area contributed by atoms with Crippen molar-refractivity contribution in [1.82, 2.24) is 10.2 Å². The Hall–Kier alpha value is -1.56. The van der Waals surface area contributed by atoms with E-state index in [2.05, 4.69) is 26.1 Å². The Bertz CT molecular complexity index is 662. The van der Waals surface area contributed by atoms with Crippen molar-refractivity contribution in [3.05, 3.63) is 64.1 Å². The summed E-state index contributed by atoms with van der Waals surface area (Å²) in [6.07, 6.45) is 0. The van der Waals surface area contributed by atoms with Crippen LogP contribution in [0.25, 0.3) is 0 Å². The number of methoxy groups -OCH3 is 1. The van der Waals surface area contributed by atoms with Gasteiger partial charge < -0.3 is 15.0 Å². The summed E-state index contributed by atoms with van der Waals surface area (Å²) in [5, 5.41) is 3.00. The molecule has 0 spiro atoms. The lowest BCUT2D eigenvalue weighted by molar-refractivity contribution is 0.0941. The van der Waals surface area contributed by atoms with Crippen molar-refractivity contribution in [2.45, 2.75) is 6.04 Å². The molecule has 0 aliphatic heterocycles. The van der Waals surface area contributed by atoms with Crippen LogP contribution in [0, 0.1) is 0 Å². The molecular weight excluding hydrogens is 392 g/mol. The third-order valence-electron chi connectivity index (χ3n) is 3.68. The van der Waals surface area contributed by atoms with Crippen molar-refractivity contribution in [3.63, 3.8) is 0 Å². The van der Waals surface area contributed by atoms with Gasteiger partial charge in [0.2, 0.25) is 0 Å². The van der Waals surface area contributed by atoms with Crippen LogP contribution >= 0.6 is 28.3 Å². The Morgan fingerprint density at radius 3 is 2.38 bits per heavy atom. The van der Waals surface area contributed by atoms with Gasteiger partial charge in [0, 0.05) is 22.1 Å². The molecule has 0 aromatic heterocycles. The Balaban J connectivity index is 0.00000288. The average molecular weight is 414 g/mol. The topological polar surface area (TPSA) is 41.6 Å². The van der Waals surface area contributed by atoms with Crippen LogP contribution in [-0.4, -0.2) is 38.6 Å². The monoisotopic (exact) mass is 412 g/mol. The van der Waals surface area contributed by atoms with Gasteiger partial charge in [0.1, 0.15) is 5.75 Å². The standard InChI is InChI=1S/C18H21BrN2O2.ClH/c1-21(2)16(15-6-4-5-7-17(15)23-3)12-20-18(22)13-8-10-14(19)11-9-13;/h4-11,16H,12H2,1-3H3,(H,20,22);1H. The molecule has 0 aliphatic carbocycles. The van der Waals surface area contributed by atoms with Crippen molar-refractivity contribution in [2.75, 3.05) is 27.7 Å². The van der Waals surface area contributed by atoms with Crippen LogP contribution < -0.4 is 10.1 Å². The second-order valence-corrected chi connectivity index (χ2v) is 6.35. The highest BCUT2D eigenvalue weighted by atomic mass is 79.9. The third-order valence-corrected chi connectivity index (χ3v) is 4.21. The minimum absolute atomic E-state index is 0. The number of ether oxygens (including phenoxy) is 1. The maximum absolute atomic E-state index is 12.3. The fourth-order valence-electron chi connectivity index (χ4n) is 2.41. The van der Waals surface area contributed by atoms with Crippen LogP contribution in [0.5, 0.6) is 5.75 Å². The molecule has 4 nitrogen and oxygen atoms in total. The predicted molar refractivity (Wildman–Crippen MR) is 103 cm³/mol. The van der Waals surface area contributed by atoms with Crippen molar-refractivity contribution < 1.29 is 9.53 Å². The second-order valence-electron chi connectivity index (χ2n) is 5.44. The summed E-state index contributed by atoms with van der Waals surface area (Å²) in [5.41, 5.74) is 1.70. The Morgan fingerprint density at radius 2 is 1.79 bits per heavy atom. The number of carbonyl (C=O) groups excluding carboxylic acids is 1. The number of halogens is 2. The summed E-state index contributed by atoms with van der Waals surface area (Å²) in [7, 11) is 5.64. The molecule has 2 rings (SSSR count). The maximum atomic E-state index is 12.3. The molecule has 1 atom stereocenters. The molecule has 2 aromatic carbocycles. The number of hydrogen-bond donors (Lipinski definition) is 1. The molecule has 0 bridgehead atoms. The van der Waals surface area contributed by atoms with E-state index < -0.39 is 0 Å². The molecule has 24 heavy (non-hydrogen) atoms. The van der Waals surface area contributed by atoms with E-state index in [9.17, 15) is 4.79 Å². The number of amides is 1. The number of carbonyl (C=O) groups is 1. The van der Waals surface area contributed by atoms with Crippen molar-refractivity contribution in [3.8, 4) is 5.75 Å². The van der Waals surface area contributed by atoms with Gasteiger partial charge in [-0.25, -0.2) is 0 Å². The van der Waals surface area contributed by atoms with Crippen LogP contribution in [0.2, 0.25) is 0 Å². The van der Waals surface area contributed by atoms with Gasteiger partial charge in [0.15, 0.2) is 0 Å². The van der Waals surface area contributed by atoms with Gasteiger partial charge >= 0.3 is 0 Å². The molecular formula is C18H22BrClN2O2. The summed E-state index contributed by atoms with van der Waals surface area (Å²) < 4.78 is 6.39. The number of likely N-dealkylation sites (N-methyl/N-ethyl adjacent to an activating group) is 1. The molecule has 6 heteroatoms. The van der Waals surface area contributed by atoms with Crippen molar-refractivity contribution >= 4 is 34.2 Å². The molecule has 1 unspecified atom stereocenters. The van der Waals surface area contributed by atoms with E-state index in [1.807, 2.05) is 50.5 Å². The lowest BCUT2D eigenvalue weighted by Gasteiger charge is -2.26. The third kappa shape index (κ3) is 5.23. The Labute approximate surface area is 157 Å². The number of nitrogens with zero attached hydrogens (tertiary/aromatic N) is 1. The van der Waals surface area contributed by atoms with E-state index in [0.29, 0.717) is 12.1 Å². The van der Waals surface area contributed by atoms with Gasteiger partial charge in [-0.05, 0) is 44.4 Å². The molecule has 0 saturated heterocycles. The quantitative estimate of drug-likeness (QED) is 0.780. The Morgan fingerprint density at radius 1 is 1.17 bits per heavy atom. The smallest absolute Gasteiger partial charge is 0.251 e. The molecule has 0 fully saturated rings. The minimum Gasteiger partial charge on any atom is -0.496 e. The molecule has 130 valence electrons. The first-order chi connectivity index (χ1) is 11.0. The molecule has 0 heterocycles. The number of para-hydroxylation sites is 1. The summed E-state index contributed by atoms with van der Waals surface area (Å²) >= 11 is 3.37. The second kappa shape index (κ2) is 9.67. The van der Waals surface area contributed by atoms with E-state index in [4.69, 9.17) is 4.74 Å². The summed E-state index contributed by atoms with van der Waals surface area (Å²) in [5.74, 6) is 0.739. The maximum Gasteiger partial charge on any atom is 0.251 e. The summed E-state index contributed by atoms with van der Waals surface area (Å²) in [4.78, 5) is 14.4. The molecule has 0 saturated carbocycles. The fraction of sp³-hybridized carbons (Fsp3) is 0.278. The van der Waals surface area contributed by atoms with Crippen LogP contribution in [-0.2, 0) is 0 Å². The average Bonchev–Trinajstić information content (AvgIpc) is 2.55. The van der Waals surface area contributed by atoms with Crippen LogP contribution in [0.4, 0.5) is 0 Å². The van der Waals surface area contributed by atoms with E-state index in [-0.39, 0.29) is 24.4 Å². The highest BCUT2D eigenvalue weighted by Crippen LogP contribution is 2.27. The number of nitrogens with one attached hydrogen (secondary N) is 1. The minimum atomic E-state index is -0.0840. The first-order valence-corrected chi connectivity index (χ1v) is 8.15. The van der Waals surface area contributed by atoms with Crippen LogP contribution in [0.1, 0.15) is 22.0 Å². The Kier molecular flexibility index (Phi) is 8.25. The van der Waals surface area contributed by atoms with Crippen LogP contribution in [0.15, 0.2) is 53.0 Å². The number of benzene rings is 2. The molecule has 1 N–H and O–H groups in total. The molecule has 0 aliphatic rings. The molecule has 1 amide bonds. The lowest BCUT2D eigenvalue weighted by Crippen LogP contribution is -2.34. The lowest BCUT2D eigenvalue weighted by atomic mass is 10.0. The largest absolute Gasteiger partial charge is 0.496 e. The zero-order chi connectivity index (χ0) is 16.8. The van der Waals surface area contributed by atoms with Gasteiger partial charge in [-0.2, -0.15) is 0 Å². The zero-order valence-electron chi connectivity index (χ0n) is 14.0. The SMILES string of the molecule is COc1ccccc1C(CNC(=O)c1ccc(Br)cc1)N(C)C.Cl. The van der Waals surface area contributed by atoms with Crippen molar-refractivity contribution in [2.24, 2.45) is 0 Å². The van der Waals surface area contributed by atoms with Gasteiger partial charge in [0.25, 0.3) is 5.91 Å². The molecule has 0 radical (unpaired) electrons. The highest BCUT2D eigenvalue weighted by molar-refractivity contribution is 9.10. The van der Waals surface area contributed by atoms with Gasteiger partial charge in [0.05, 0.1) is 13.2 Å². The predicted octanol–water partition coefficient (Wildman–Crippen LogP) is 3.91. The summed E-state index contributed by atoms with van der Waals surface area (Å²) in [6, 6.07) is 15.2. The van der Waals surface area contributed by atoms with E-state index in [0.717, 1.165) is 15.8 Å². The van der Waals surface area contributed by atoms with E-state index in [1.165, 1.54) is 0 Å². The van der Waals surface area contributed by atoms with Gasteiger partial charge in [-0.3, -0.25) is 4.79 Å². The first-order valence-electron chi connectivity index (χ1n) is 7.36. The zero-order valence-corrected chi connectivity index (χ0v) is 16.4. The van der Waals surface area contributed by atoms with Gasteiger partial charge in [-0.15, -0.1) is 12.4 Å².